The predicted octanol–water partition coefficient (Wildman–Crippen LogP) is 4.25. The van der Waals surface area contributed by atoms with Gasteiger partial charge in [0.15, 0.2) is 5.76 Å². The van der Waals surface area contributed by atoms with Gasteiger partial charge in [-0.2, -0.15) is 0 Å². The van der Waals surface area contributed by atoms with E-state index < -0.39 is 17.7 Å². The van der Waals surface area contributed by atoms with Gasteiger partial charge in [-0.15, -0.1) is 11.3 Å². The minimum atomic E-state index is -0.573. The SMILES string of the molecule is CN1C(=O)C(O)=C(C(=O)c2cccs2)C1c1ccc(C(C)(C)C)cc1. The minimum Gasteiger partial charge on any atom is -0.503 e. The van der Waals surface area contributed by atoms with Crippen LogP contribution in [0.5, 0.6) is 0 Å². The number of carbonyl (C=O) groups excluding carboxylic acids is 2. The number of benzene rings is 1. The van der Waals surface area contributed by atoms with Crippen molar-refractivity contribution in [2.45, 2.75) is 32.2 Å². The number of rotatable bonds is 3. The summed E-state index contributed by atoms with van der Waals surface area (Å²) in [6, 6.07) is 10.8. The third-order valence-corrected chi connectivity index (χ3v) is 5.39. The molecule has 0 saturated carbocycles. The topological polar surface area (TPSA) is 57.6 Å². The quantitative estimate of drug-likeness (QED) is 0.837. The zero-order chi connectivity index (χ0) is 18.4. The second-order valence-corrected chi connectivity index (χ2v) is 8.21. The smallest absolute Gasteiger partial charge is 0.289 e. The Morgan fingerprint density at radius 3 is 2.32 bits per heavy atom. The number of aliphatic hydroxyl groups is 1. The van der Waals surface area contributed by atoms with Crippen molar-refractivity contribution in [2.75, 3.05) is 7.05 Å². The summed E-state index contributed by atoms with van der Waals surface area (Å²) in [5, 5.41) is 12.1. The number of hydrogen-bond donors (Lipinski definition) is 1. The summed E-state index contributed by atoms with van der Waals surface area (Å²) < 4.78 is 0. The molecule has 1 N–H and O–H groups in total. The lowest BCUT2D eigenvalue weighted by Gasteiger charge is -2.24. The maximum atomic E-state index is 12.8. The first-order valence-corrected chi connectivity index (χ1v) is 8.98. The van der Waals surface area contributed by atoms with Gasteiger partial charge < -0.3 is 10.0 Å². The maximum Gasteiger partial charge on any atom is 0.289 e. The molecule has 0 radical (unpaired) electrons. The van der Waals surface area contributed by atoms with Gasteiger partial charge in [0.05, 0.1) is 16.5 Å². The maximum absolute atomic E-state index is 12.8. The Hall–Kier alpha value is -2.40. The van der Waals surface area contributed by atoms with E-state index in [9.17, 15) is 14.7 Å². The van der Waals surface area contributed by atoms with Crippen LogP contribution in [0.1, 0.15) is 47.6 Å². The molecule has 130 valence electrons. The molecule has 25 heavy (non-hydrogen) atoms. The number of likely N-dealkylation sites (N-methyl/N-ethyl adjacent to an activating group) is 1. The molecule has 2 heterocycles. The molecular formula is C20H21NO3S. The Kier molecular flexibility index (Phi) is 4.29. The Bertz CT molecular complexity index is 842. The Morgan fingerprint density at radius 2 is 1.80 bits per heavy atom. The normalized spacial score (nSPS) is 18.2. The minimum absolute atomic E-state index is 0.0174. The van der Waals surface area contributed by atoms with Gasteiger partial charge in [-0.05, 0) is 28.0 Å². The van der Waals surface area contributed by atoms with Crippen LogP contribution in [0.4, 0.5) is 0 Å². The zero-order valence-corrected chi connectivity index (χ0v) is 15.6. The van der Waals surface area contributed by atoms with Crippen molar-refractivity contribution < 1.29 is 14.7 Å². The van der Waals surface area contributed by atoms with Crippen molar-refractivity contribution in [2.24, 2.45) is 0 Å². The van der Waals surface area contributed by atoms with Crippen molar-refractivity contribution in [3.8, 4) is 0 Å². The summed E-state index contributed by atoms with van der Waals surface area (Å²) in [6.07, 6.45) is 0. The summed E-state index contributed by atoms with van der Waals surface area (Å²) in [6.45, 7) is 6.39. The highest BCUT2D eigenvalue weighted by atomic mass is 32.1. The summed E-state index contributed by atoms with van der Waals surface area (Å²) in [5.41, 5.74) is 2.15. The number of aliphatic hydroxyl groups excluding tert-OH is 1. The predicted molar refractivity (Wildman–Crippen MR) is 99.0 cm³/mol. The van der Waals surface area contributed by atoms with Gasteiger partial charge in [-0.3, -0.25) is 9.59 Å². The molecule has 1 amide bonds. The van der Waals surface area contributed by atoms with Crippen LogP contribution in [0.3, 0.4) is 0 Å². The Balaban J connectivity index is 2.04. The van der Waals surface area contributed by atoms with Crippen LogP contribution in [0, 0.1) is 0 Å². The van der Waals surface area contributed by atoms with Gasteiger partial charge in [0, 0.05) is 7.05 Å². The molecule has 0 spiro atoms. The molecule has 1 unspecified atom stereocenters. The number of hydrogen-bond acceptors (Lipinski definition) is 4. The first-order chi connectivity index (χ1) is 11.7. The van der Waals surface area contributed by atoms with E-state index in [2.05, 4.69) is 20.8 Å². The van der Waals surface area contributed by atoms with Gasteiger partial charge in [0.2, 0.25) is 5.78 Å². The molecule has 0 saturated heterocycles. The van der Waals surface area contributed by atoms with E-state index in [1.54, 1.807) is 24.6 Å². The highest BCUT2D eigenvalue weighted by Gasteiger charge is 2.42. The van der Waals surface area contributed by atoms with Crippen molar-refractivity contribution >= 4 is 23.0 Å². The number of nitrogens with zero attached hydrogens (tertiary/aromatic N) is 1. The van der Waals surface area contributed by atoms with Crippen LogP contribution in [0.2, 0.25) is 0 Å². The fourth-order valence-corrected chi connectivity index (χ4v) is 3.73. The largest absolute Gasteiger partial charge is 0.503 e. The lowest BCUT2D eigenvalue weighted by Crippen LogP contribution is -2.26. The monoisotopic (exact) mass is 355 g/mol. The summed E-state index contributed by atoms with van der Waals surface area (Å²) >= 11 is 1.30. The van der Waals surface area contributed by atoms with Gasteiger partial charge in [-0.1, -0.05) is 51.1 Å². The van der Waals surface area contributed by atoms with Crippen LogP contribution >= 0.6 is 11.3 Å². The van der Waals surface area contributed by atoms with Gasteiger partial charge >= 0.3 is 0 Å². The second kappa shape index (κ2) is 6.15. The van der Waals surface area contributed by atoms with Crippen molar-refractivity contribution in [1.82, 2.24) is 4.90 Å². The molecule has 1 atom stereocenters. The highest BCUT2D eigenvalue weighted by Crippen LogP contribution is 2.39. The fourth-order valence-electron chi connectivity index (χ4n) is 3.05. The third kappa shape index (κ3) is 3.00. The van der Waals surface area contributed by atoms with Gasteiger partial charge in [-0.25, -0.2) is 0 Å². The van der Waals surface area contributed by atoms with E-state index in [0.29, 0.717) is 4.88 Å². The van der Waals surface area contributed by atoms with Gasteiger partial charge in [0.25, 0.3) is 5.91 Å². The van der Waals surface area contributed by atoms with E-state index in [0.717, 1.165) is 5.56 Å². The van der Waals surface area contributed by atoms with Crippen LogP contribution in [-0.2, 0) is 10.2 Å². The molecular weight excluding hydrogens is 334 g/mol. The van der Waals surface area contributed by atoms with E-state index in [1.165, 1.54) is 21.8 Å². The standard InChI is InChI=1S/C20H21NO3S/c1-20(2,3)13-9-7-12(8-10-13)16-15(18(23)19(24)21(16)4)17(22)14-6-5-11-25-14/h5-11,16,23H,1-4H3. The van der Waals surface area contributed by atoms with E-state index in [1.807, 2.05) is 24.3 Å². The van der Waals surface area contributed by atoms with E-state index >= 15 is 0 Å². The van der Waals surface area contributed by atoms with Crippen LogP contribution in [0.15, 0.2) is 53.1 Å². The molecule has 1 aliphatic rings. The molecule has 2 aromatic rings. The average molecular weight is 355 g/mol. The first kappa shape index (κ1) is 17.4. The molecule has 3 rings (SSSR count). The molecule has 1 aromatic heterocycles. The van der Waals surface area contributed by atoms with E-state index in [4.69, 9.17) is 0 Å². The van der Waals surface area contributed by atoms with Crippen LogP contribution in [0.25, 0.3) is 0 Å². The summed E-state index contributed by atoms with van der Waals surface area (Å²) in [7, 11) is 1.61. The molecule has 1 aromatic carbocycles. The average Bonchev–Trinajstić information content (AvgIpc) is 3.17. The molecule has 1 aliphatic heterocycles. The Morgan fingerprint density at radius 1 is 1.16 bits per heavy atom. The molecule has 4 nitrogen and oxygen atoms in total. The Labute approximate surface area is 151 Å². The first-order valence-electron chi connectivity index (χ1n) is 8.10. The van der Waals surface area contributed by atoms with E-state index in [-0.39, 0.29) is 16.8 Å². The molecule has 0 aliphatic carbocycles. The van der Waals surface area contributed by atoms with Crippen LogP contribution in [-0.4, -0.2) is 28.7 Å². The lowest BCUT2D eigenvalue weighted by molar-refractivity contribution is -0.128. The second-order valence-electron chi connectivity index (χ2n) is 7.26. The molecule has 0 bridgehead atoms. The fraction of sp³-hybridized carbons (Fsp3) is 0.300. The van der Waals surface area contributed by atoms with Gasteiger partial charge in [0.1, 0.15) is 0 Å². The zero-order valence-electron chi connectivity index (χ0n) is 14.7. The summed E-state index contributed by atoms with van der Waals surface area (Å²) in [5.74, 6) is -1.27. The summed E-state index contributed by atoms with van der Waals surface area (Å²) in [4.78, 5) is 27.0. The molecule has 5 heteroatoms. The van der Waals surface area contributed by atoms with Crippen LogP contribution < -0.4 is 0 Å². The van der Waals surface area contributed by atoms with Crippen molar-refractivity contribution in [3.63, 3.8) is 0 Å². The lowest BCUT2D eigenvalue weighted by atomic mass is 9.85. The molecule has 0 fully saturated rings. The number of amides is 1. The van der Waals surface area contributed by atoms with Crippen molar-refractivity contribution in [3.05, 3.63) is 69.1 Å². The third-order valence-electron chi connectivity index (χ3n) is 4.52. The number of Topliss-reactive ketones (excluding diaryl/α,β-unsaturated/α-hetero) is 1. The van der Waals surface area contributed by atoms with Crippen molar-refractivity contribution in [1.29, 1.82) is 0 Å². The number of ketones is 1. The highest BCUT2D eigenvalue weighted by molar-refractivity contribution is 7.12. The number of thiophene rings is 1. The number of carbonyl (C=O) groups is 2.